The first-order valence-corrected chi connectivity index (χ1v) is 10.3. The Labute approximate surface area is 173 Å². The number of benzene rings is 2. The van der Waals surface area contributed by atoms with E-state index in [1.165, 1.54) is 5.56 Å². The third-order valence-electron chi connectivity index (χ3n) is 4.97. The van der Waals surface area contributed by atoms with Gasteiger partial charge in [0.15, 0.2) is 5.69 Å². The molecule has 2 aromatic heterocycles. The van der Waals surface area contributed by atoms with Gasteiger partial charge in [-0.05, 0) is 41.5 Å². The van der Waals surface area contributed by atoms with E-state index in [0.717, 1.165) is 17.8 Å². The molecular formula is C21H22N6OS. The standard InChI is InChI=1S/C21H22N6OS/c1-4-18(16-11-7-5-8-12-16)29-21-22-23-24-26(21)19-15(2)25(3)27(20(19)28)17-13-9-6-10-14-17/h5-14,18H,4H2,1-3H3. The molecule has 1 atom stereocenters. The molecule has 4 aromatic rings. The Morgan fingerprint density at radius 2 is 1.69 bits per heavy atom. The summed E-state index contributed by atoms with van der Waals surface area (Å²) in [5.41, 5.74) is 3.11. The van der Waals surface area contributed by atoms with Gasteiger partial charge in [-0.25, -0.2) is 4.68 Å². The predicted octanol–water partition coefficient (Wildman–Crippen LogP) is 3.70. The van der Waals surface area contributed by atoms with E-state index in [1.807, 2.05) is 67.2 Å². The molecule has 148 valence electrons. The maximum Gasteiger partial charge on any atom is 0.297 e. The maximum absolute atomic E-state index is 13.3. The monoisotopic (exact) mass is 406 g/mol. The molecule has 0 aliphatic carbocycles. The zero-order chi connectivity index (χ0) is 20.4. The Hall–Kier alpha value is -3.13. The number of thioether (sulfide) groups is 1. The number of nitrogens with zero attached hydrogens (tertiary/aromatic N) is 6. The summed E-state index contributed by atoms with van der Waals surface area (Å²) in [6.45, 7) is 4.04. The fourth-order valence-corrected chi connectivity index (χ4v) is 4.40. The summed E-state index contributed by atoms with van der Waals surface area (Å²) in [4.78, 5) is 13.3. The normalized spacial score (nSPS) is 12.2. The third kappa shape index (κ3) is 3.51. The molecule has 29 heavy (non-hydrogen) atoms. The SMILES string of the molecule is CCC(Sc1nnnn1-c1c(C)n(C)n(-c2ccccc2)c1=O)c1ccccc1. The molecule has 0 aliphatic rings. The van der Waals surface area contributed by atoms with Gasteiger partial charge >= 0.3 is 0 Å². The van der Waals surface area contributed by atoms with Crippen molar-refractivity contribution < 1.29 is 0 Å². The molecule has 0 saturated heterocycles. The topological polar surface area (TPSA) is 70.5 Å². The third-order valence-corrected chi connectivity index (χ3v) is 6.32. The van der Waals surface area contributed by atoms with Crippen LogP contribution in [-0.2, 0) is 7.05 Å². The molecule has 2 heterocycles. The highest BCUT2D eigenvalue weighted by atomic mass is 32.2. The fourth-order valence-electron chi connectivity index (χ4n) is 3.37. The summed E-state index contributed by atoms with van der Waals surface area (Å²) in [7, 11) is 1.86. The van der Waals surface area contributed by atoms with Gasteiger partial charge in [-0.2, -0.15) is 4.68 Å². The van der Waals surface area contributed by atoms with Gasteiger partial charge in [-0.1, -0.05) is 67.2 Å². The second kappa shape index (κ2) is 8.08. The van der Waals surface area contributed by atoms with Crippen LogP contribution in [0.15, 0.2) is 70.6 Å². The van der Waals surface area contributed by atoms with Crippen molar-refractivity contribution in [1.82, 2.24) is 29.6 Å². The molecule has 2 aromatic carbocycles. The van der Waals surface area contributed by atoms with Gasteiger partial charge in [0.1, 0.15) is 0 Å². The van der Waals surface area contributed by atoms with E-state index in [1.54, 1.807) is 21.1 Å². The van der Waals surface area contributed by atoms with Gasteiger partial charge < -0.3 is 0 Å². The molecule has 4 rings (SSSR count). The second-order valence-corrected chi connectivity index (χ2v) is 7.88. The van der Waals surface area contributed by atoms with Crippen molar-refractivity contribution in [3.05, 3.63) is 82.3 Å². The quantitative estimate of drug-likeness (QED) is 0.457. The van der Waals surface area contributed by atoms with Crippen LogP contribution in [0.5, 0.6) is 0 Å². The largest absolute Gasteiger partial charge is 0.297 e. The molecule has 0 amide bonds. The van der Waals surface area contributed by atoms with Crippen LogP contribution in [0, 0.1) is 6.92 Å². The summed E-state index contributed by atoms with van der Waals surface area (Å²) >= 11 is 1.57. The van der Waals surface area contributed by atoms with Crippen molar-refractivity contribution in [1.29, 1.82) is 0 Å². The first-order valence-electron chi connectivity index (χ1n) is 9.46. The van der Waals surface area contributed by atoms with Crippen LogP contribution in [0.1, 0.15) is 29.9 Å². The van der Waals surface area contributed by atoms with E-state index < -0.39 is 0 Å². The van der Waals surface area contributed by atoms with Crippen LogP contribution < -0.4 is 5.56 Å². The zero-order valence-electron chi connectivity index (χ0n) is 16.6. The first-order chi connectivity index (χ1) is 14.1. The van der Waals surface area contributed by atoms with Crippen molar-refractivity contribution in [3.8, 4) is 11.4 Å². The minimum Gasteiger partial charge on any atom is -0.283 e. The highest BCUT2D eigenvalue weighted by Gasteiger charge is 2.23. The zero-order valence-corrected chi connectivity index (χ0v) is 17.4. The summed E-state index contributed by atoms with van der Waals surface area (Å²) in [5.74, 6) is 0. The van der Waals surface area contributed by atoms with Gasteiger partial charge in [0.05, 0.1) is 11.4 Å². The van der Waals surface area contributed by atoms with E-state index >= 15 is 0 Å². The van der Waals surface area contributed by atoms with E-state index in [0.29, 0.717) is 10.8 Å². The lowest BCUT2D eigenvalue weighted by atomic mass is 10.1. The molecule has 0 saturated carbocycles. The van der Waals surface area contributed by atoms with Gasteiger partial charge in [0.2, 0.25) is 5.16 Å². The van der Waals surface area contributed by atoms with Crippen LogP contribution in [0.2, 0.25) is 0 Å². The number of hydrogen-bond donors (Lipinski definition) is 0. The van der Waals surface area contributed by atoms with Crippen LogP contribution in [-0.4, -0.2) is 29.6 Å². The minimum absolute atomic E-state index is 0.155. The van der Waals surface area contributed by atoms with Crippen molar-refractivity contribution in [2.24, 2.45) is 7.05 Å². The Morgan fingerprint density at radius 3 is 2.34 bits per heavy atom. The average molecular weight is 407 g/mol. The fraction of sp³-hybridized carbons (Fsp3) is 0.238. The van der Waals surface area contributed by atoms with Crippen molar-refractivity contribution in [2.75, 3.05) is 0 Å². The van der Waals surface area contributed by atoms with E-state index in [2.05, 4.69) is 34.6 Å². The Bertz CT molecular complexity index is 1160. The number of aromatic nitrogens is 6. The molecule has 0 aliphatic heterocycles. The van der Waals surface area contributed by atoms with Gasteiger partial charge in [0.25, 0.3) is 5.56 Å². The van der Waals surface area contributed by atoms with Gasteiger partial charge in [-0.15, -0.1) is 5.10 Å². The van der Waals surface area contributed by atoms with Crippen LogP contribution in [0.4, 0.5) is 0 Å². The van der Waals surface area contributed by atoms with Crippen LogP contribution >= 0.6 is 11.8 Å². The molecular weight excluding hydrogens is 384 g/mol. The molecule has 0 radical (unpaired) electrons. The second-order valence-electron chi connectivity index (χ2n) is 6.71. The Balaban J connectivity index is 1.77. The highest BCUT2D eigenvalue weighted by Crippen LogP contribution is 2.36. The lowest BCUT2D eigenvalue weighted by molar-refractivity contribution is 0.630. The number of hydrogen-bond acceptors (Lipinski definition) is 5. The maximum atomic E-state index is 13.3. The van der Waals surface area contributed by atoms with E-state index in [-0.39, 0.29) is 10.8 Å². The van der Waals surface area contributed by atoms with E-state index in [9.17, 15) is 4.79 Å². The predicted molar refractivity (Wildman–Crippen MR) is 114 cm³/mol. The van der Waals surface area contributed by atoms with Crippen LogP contribution in [0.3, 0.4) is 0 Å². The number of tetrazole rings is 1. The first kappa shape index (κ1) is 19.2. The smallest absolute Gasteiger partial charge is 0.283 e. The highest BCUT2D eigenvalue weighted by molar-refractivity contribution is 7.99. The van der Waals surface area contributed by atoms with E-state index in [4.69, 9.17) is 0 Å². The summed E-state index contributed by atoms with van der Waals surface area (Å²) in [6.07, 6.45) is 0.920. The van der Waals surface area contributed by atoms with Gasteiger partial charge in [-0.3, -0.25) is 9.48 Å². The number of rotatable bonds is 6. The molecule has 0 fully saturated rings. The van der Waals surface area contributed by atoms with Crippen molar-refractivity contribution in [2.45, 2.75) is 30.7 Å². The van der Waals surface area contributed by atoms with Crippen molar-refractivity contribution >= 4 is 11.8 Å². The molecule has 8 heteroatoms. The summed E-state index contributed by atoms with van der Waals surface area (Å²) in [6, 6.07) is 19.8. The summed E-state index contributed by atoms with van der Waals surface area (Å²) in [5, 5.41) is 13.0. The average Bonchev–Trinajstić information content (AvgIpc) is 3.29. The Morgan fingerprint density at radius 1 is 1.03 bits per heavy atom. The molecule has 1 unspecified atom stereocenters. The Kier molecular flexibility index (Phi) is 5.35. The van der Waals surface area contributed by atoms with Gasteiger partial charge in [0, 0.05) is 12.3 Å². The molecule has 7 nitrogen and oxygen atoms in total. The lowest BCUT2D eigenvalue weighted by Gasteiger charge is -2.13. The minimum atomic E-state index is -0.155. The molecule has 0 N–H and O–H groups in total. The number of para-hydroxylation sites is 1. The summed E-state index contributed by atoms with van der Waals surface area (Å²) < 4.78 is 5.03. The molecule has 0 bridgehead atoms. The lowest BCUT2D eigenvalue weighted by Crippen LogP contribution is -2.22. The van der Waals surface area contributed by atoms with Crippen molar-refractivity contribution in [3.63, 3.8) is 0 Å². The van der Waals surface area contributed by atoms with Crippen LogP contribution in [0.25, 0.3) is 11.4 Å². The molecule has 0 spiro atoms.